The van der Waals surface area contributed by atoms with Crippen molar-refractivity contribution in [2.75, 3.05) is 0 Å². The normalized spacial score (nSPS) is 30.9. The Hall–Kier alpha value is -1.15. The lowest BCUT2D eigenvalue weighted by atomic mass is 9.79. The molecule has 0 saturated heterocycles. The largest absolute Gasteiger partial charge is 0.392 e. The van der Waals surface area contributed by atoms with Gasteiger partial charge in [-0.1, -0.05) is 36.8 Å². The predicted molar refractivity (Wildman–Crippen MR) is 58.8 cm³/mol. The Morgan fingerprint density at radius 2 is 1.93 bits per heavy atom. The van der Waals surface area contributed by atoms with Gasteiger partial charge in [-0.15, -0.1) is 0 Å². The van der Waals surface area contributed by atoms with E-state index in [-0.39, 0.29) is 11.2 Å². The fourth-order valence-electron chi connectivity index (χ4n) is 2.27. The lowest BCUT2D eigenvalue weighted by molar-refractivity contribution is -0.118. The molecule has 15 heavy (non-hydrogen) atoms. The fourth-order valence-corrected chi connectivity index (χ4v) is 2.27. The van der Waals surface area contributed by atoms with Crippen LogP contribution in [0.25, 0.3) is 0 Å². The topological polar surface area (TPSA) is 37.3 Å². The standard InChI is InChI=1S/C13H16O2/c1-9-3-5-10(6-4-9)13(2)8-11(14)7-12(13)15/h3-6,12,15H,7-8H2,1-2H3/t12-,13+/m1/s1. The zero-order chi connectivity index (χ0) is 11.1. The van der Waals surface area contributed by atoms with Gasteiger partial charge in [0.05, 0.1) is 6.10 Å². The average molecular weight is 204 g/mol. The third-order valence-corrected chi connectivity index (χ3v) is 3.43. The number of aryl methyl sites for hydroxylation is 1. The van der Waals surface area contributed by atoms with Gasteiger partial charge in [-0.05, 0) is 12.5 Å². The van der Waals surface area contributed by atoms with E-state index in [9.17, 15) is 9.90 Å². The quantitative estimate of drug-likeness (QED) is 0.759. The van der Waals surface area contributed by atoms with Crippen molar-refractivity contribution in [3.63, 3.8) is 0 Å². The second-order valence-corrected chi connectivity index (χ2v) is 4.72. The Morgan fingerprint density at radius 1 is 1.33 bits per heavy atom. The zero-order valence-electron chi connectivity index (χ0n) is 9.16. The molecule has 0 aliphatic heterocycles. The van der Waals surface area contributed by atoms with Crippen LogP contribution in [0.4, 0.5) is 0 Å². The molecule has 1 aliphatic carbocycles. The highest BCUT2D eigenvalue weighted by atomic mass is 16.3. The number of aliphatic hydroxyl groups is 1. The summed E-state index contributed by atoms with van der Waals surface area (Å²) < 4.78 is 0. The van der Waals surface area contributed by atoms with Crippen LogP contribution in [0.15, 0.2) is 24.3 Å². The molecule has 1 saturated carbocycles. The maximum absolute atomic E-state index is 11.3. The minimum absolute atomic E-state index is 0.158. The van der Waals surface area contributed by atoms with E-state index in [0.29, 0.717) is 12.8 Å². The van der Waals surface area contributed by atoms with Gasteiger partial charge in [0.1, 0.15) is 5.78 Å². The maximum Gasteiger partial charge on any atom is 0.136 e. The number of benzene rings is 1. The van der Waals surface area contributed by atoms with Crippen molar-refractivity contribution in [3.8, 4) is 0 Å². The number of carbonyl (C=O) groups excluding carboxylic acids is 1. The molecule has 2 atom stereocenters. The summed E-state index contributed by atoms with van der Waals surface area (Å²) in [5, 5.41) is 9.92. The van der Waals surface area contributed by atoms with Crippen molar-refractivity contribution in [2.45, 2.75) is 38.2 Å². The Kier molecular flexibility index (Phi) is 2.39. The first-order valence-electron chi connectivity index (χ1n) is 5.29. The van der Waals surface area contributed by atoms with Gasteiger partial charge < -0.3 is 5.11 Å². The van der Waals surface area contributed by atoms with Gasteiger partial charge in [0, 0.05) is 18.3 Å². The van der Waals surface area contributed by atoms with Gasteiger partial charge in [-0.25, -0.2) is 0 Å². The van der Waals surface area contributed by atoms with E-state index >= 15 is 0 Å². The molecule has 2 heteroatoms. The van der Waals surface area contributed by atoms with Gasteiger partial charge in [0.2, 0.25) is 0 Å². The SMILES string of the molecule is Cc1ccc([C@]2(C)CC(=O)C[C@H]2O)cc1. The molecule has 0 unspecified atom stereocenters. The molecule has 0 aromatic heterocycles. The fraction of sp³-hybridized carbons (Fsp3) is 0.462. The van der Waals surface area contributed by atoms with E-state index in [0.717, 1.165) is 5.56 Å². The Bertz CT molecular complexity index is 380. The summed E-state index contributed by atoms with van der Waals surface area (Å²) >= 11 is 0. The van der Waals surface area contributed by atoms with E-state index in [1.807, 2.05) is 38.1 Å². The molecular weight excluding hydrogens is 188 g/mol. The Morgan fingerprint density at radius 3 is 2.40 bits per heavy atom. The molecule has 1 aromatic carbocycles. The molecule has 1 N–H and O–H groups in total. The Labute approximate surface area is 89.9 Å². The van der Waals surface area contributed by atoms with Gasteiger partial charge in [0.15, 0.2) is 0 Å². The minimum atomic E-state index is -0.535. The average Bonchev–Trinajstić information content (AvgIpc) is 2.42. The number of Topliss-reactive ketones (excluding diaryl/α,β-unsaturated/α-hetero) is 1. The third kappa shape index (κ3) is 1.70. The summed E-state index contributed by atoms with van der Waals surface area (Å²) in [6.45, 7) is 4.00. The van der Waals surface area contributed by atoms with Gasteiger partial charge in [0.25, 0.3) is 0 Å². The number of ketones is 1. The van der Waals surface area contributed by atoms with E-state index in [1.165, 1.54) is 5.56 Å². The first-order valence-corrected chi connectivity index (χ1v) is 5.29. The van der Waals surface area contributed by atoms with Crippen molar-refractivity contribution in [2.24, 2.45) is 0 Å². The number of hydrogen-bond acceptors (Lipinski definition) is 2. The highest BCUT2D eigenvalue weighted by Crippen LogP contribution is 2.39. The van der Waals surface area contributed by atoms with Crippen molar-refractivity contribution in [3.05, 3.63) is 35.4 Å². The molecule has 1 fully saturated rings. The molecular formula is C13H16O2. The van der Waals surface area contributed by atoms with Crippen molar-refractivity contribution in [1.82, 2.24) is 0 Å². The molecule has 0 bridgehead atoms. The summed E-state index contributed by atoms with van der Waals surface area (Å²) in [7, 11) is 0. The van der Waals surface area contributed by atoms with Gasteiger partial charge in [-0.2, -0.15) is 0 Å². The van der Waals surface area contributed by atoms with Crippen molar-refractivity contribution < 1.29 is 9.90 Å². The smallest absolute Gasteiger partial charge is 0.136 e. The van der Waals surface area contributed by atoms with Crippen LogP contribution >= 0.6 is 0 Å². The molecule has 80 valence electrons. The highest BCUT2D eigenvalue weighted by molar-refractivity contribution is 5.83. The van der Waals surface area contributed by atoms with E-state index in [4.69, 9.17) is 0 Å². The number of hydrogen-bond donors (Lipinski definition) is 1. The van der Waals surface area contributed by atoms with Crippen LogP contribution in [-0.4, -0.2) is 17.0 Å². The van der Waals surface area contributed by atoms with Crippen LogP contribution in [0, 0.1) is 6.92 Å². The lowest BCUT2D eigenvalue weighted by Crippen LogP contribution is -2.31. The van der Waals surface area contributed by atoms with Gasteiger partial charge in [-0.3, -0.25) is 4.79 Å². The summed E-state index contributed by atoms with van der Waals surface area (Å²) in [6, 6.07) is 8.07. The predicted octanol–water partition coefficient (Wildman–Crippen LogP) is 1.98. The van der Waals surface area contributed by atoms with Gasteiger partial charge >= 0.3 is 0 Å². The summed E-state index contributed by atoms with van der Waals surface area (Å²) in [4.78, 5) is 11.3. The zero-order valence-corrected chi connectivity index (χ0v) is 9.16. The molecule has 0 heterocycles. The summed E-state index contributed by atoms with van der Waals surface area (Å²) in [5.74, 6) is 0.158. The Balaban J connectivity index is 2.37. The van der Waals surface area contributed by atoms with Crippen LogP contribution in [0.1, 0.15) is 30.9 Å². The number of rotatable bonds is 1. The third-order valence-electron chi connectivity index (χ3n) is 3.43. The highest BCUT2D eigenvalue weighted by Gasteiger charge is 2.43. The lowest BCUT2D eigenvalue weighted by Gasteiger charge is -2.27. The summed E-state index contributed by atoms with van der Waals surface area (Å²) in [6.07, 6.45) is 0.217. The molecule has 2 nitrogen and oxygen atoms in total. The molecule has 1 aliphatic rings. The second-order valence-electron chi connectivity index (χ2n) is 4.72. The molecule has 0 amide bonds. The van der Waals surface area contributed by atoms with Crippen LogP contribution in [0.2, 0.25) is 0 Å². The minimum Gasteiger partial charge on any atom is -0.392 e. The number of aliphatic hydroxyl groups excluding tert-OH is 1. The van der Waals surface area contributed by atoms with E-state index < -0.39 is 6.10 Å². The van der Waals surface area contributed by atoms with Crippen LogP contribution in [0.3, 0.4) is 0 Å². The first kappa shape index (κ1) is 10.4. The second kappa shape index (κ2) is 3.46. The van der Waals surface area contributed by atoms with Crippen LogP contribution < -0.4 is 0 Å². The van der Waals surface area contributed by atoms with E-state index in [1.54, 1.807) is 0 Å². The molecule has 0 spiro atoms. The van der Waals surface area contributed by atoms with Crippen molar-refractivity contribution in [1.29, 1.82) is 0 Å². The monoisotopic (exact) mass is 204 g/mol. The molecule has 0 radical (unpaired) electrons. The first-order chi connectivity index (χ1) is 7.02. The number of carbonyl (C=O) groups is 1. The molecule has 2 rings (SSSR count). The molecule has 1 aromatic rings. The maximum atomic E-state index is 11.3. The van der Waals surface area contributed by atoms with Crippen LogP contribution in [0.5, 0.6) is 0 Å². The summed E-state index contributed by atoms with van der Waals surface area (Å²) in [5.41, 5.74) is 1.87. The van der Waals surface area contributed by atoms with Crippen LogP contribution in [-0.2, 0) is 10.2 Å². The van der Waals surface area contributed by atoms with E-state index in [2.05, 4.69) is 0 Å². The van der Waals surface area contributed by atoms with Crippen molar-refractivity contribution >= 4 is 5.78 Å².